The molecule has 1 aromatic carbocycles. The Bertz CT molecular complexity index is 491. The van der Waals surface area contributed by atoms with E-state index in [0.717, 1.165) is 0 Å². The van der Waals surface area contributed by atoms with E-state index < -0.39 is 11.5 Å². The number of β-amino-alcohol motifs (C(OH)–C–C–N with tert-alkyl or cyclic N) is 1. The van der Waals surface area contributed by atoms with Crippen molar-refractivity contribution in [3.8, 4) is 0 Å². The minimum absolute atomic E-state index is 0.147. The van der Waals surface area contributed by atoms with Crippen molar-refractivity contribution in [2.24, 2.45) is 0 Å². The molecule has 110 valence electrons. The van der Waals surface area contributed by atoms with Crippen molar-refractivity contribution >= 4 is 5.91 Å². The lowest BCUT2D eigenvalue weighted by molar-refractivity contribution is -0.123. The molecule has 1 fully saturated rings. The van der Waals surface area contributed by atoms with Gasteiger partial charge in [0.25, 0.3) is 0 Å². The number of aliphatic hydroxyl groups excluding tert-OH is 1. The van der Waals surface area contributed by atoms with E-state index in [2.05, 4.69) is 10.6 Å². The number of aliphatic hydroxyl groups is 1. The second-order valence-electron chi connectivity index (χ2n) is 5.93. The average molecular weight is 280 g/mol. The van der Waals surface area contributed by atoms with Crippen LogP contribution in [0.15, 0.2) is 24.3 Å². The van der Waals surface area contributed by atoms with Gasteiger partial charge in [0.2, 0.25) is 5.91 Å². The second kappa shape index (κ2) is 5.89. The molecule has 3 N–H and O–H groups in total. The van der Waals surface area contributed by atoms with Crippen molar-refractivity contribution in [1.82, 2.24) is 10.6 Å². The highest BCUT2D eigenvalue weighted by atomic mass is 19.1. The van der Waals surface area contributed by atoms with Crippen molar-refractivity contribution in [2.75, 3.05) is 13.1 Å². The molecule has 1 aliphatic rings. The number of nitrogens with one attached hydrogen (secondary N) is 2. The molecule has 0 aliphatic carbocycles. The average Bonchev–Trinajstić information content (AvgIpc) is 2.83. The zero-order chi connectivity index (χ0) is 14.8. The summed E-state index contributed by atoms with van der Waals surface area (Å²) in [6.45, 7) is 4.57. The molecule has 0 aromatic heterocycles. The molecule has 5 heteroatoms. The molecule has 1 aliphatic heterocycles. The summed E-state index contributed by atoms with van der Waals surface area (Å²) >= 11 is 0. The monoisotopic (exact) mass is 280 g/mol. The van der Waals surface area contributed by atoms with E-state index in [0.29, 0.717) is 25.1 Å². The molecule has 0 saturated carbocycles. The number of carbonyl (C=O) groups is 1. The van der Waals surface area contributed by atoms with Crippen LogP contribution >= 0.6 is 0 Å². The van der Waals surface area contributed by atoms with Crippen LogP contribution in [-0.2, 0) is 10.2 Å². The van der Waals surface area contributed by atoms with Crippen LogP contribution in [0, 0.1) is 5.82 Å². The largest absolute Gasteiger partial charge is 0.392 e. The van der Waals surface area contributed by atoms with E-state index in [1.54, 1.807) is 18.2 Å². The van der Waals surface area contributed by atoms with Gasteiger partial charge in [0.05, 0.1) is 12.1 Å². The molecule has 4 nitrogen and oxygen atoms in total. The smallest absolute Gasteiger partial charge is 0.237 e. The van der Waals surface area contributed by atoms with Crippen LogP contribution in [-0.4, -0.2) is 36.2 Å². The van der Waals surface area contributed by atoms with Gasteiger partial charge in [-0.2, -0.15) is 0 Å². The van der Waals surface area contributed by atoms with Gasteiger partial charge in [-0.15, -0.1) is 0 Å². The first-order valence-electron chi connectivity index (χ1n) is 6.84. The number of halogens is 1. The molecule has 1 saturated heterocycles. The first kappa shape index (κ1) is 14.9. The lowest BCUT2D eigenvalue weighted by atomic mass is 9.84. The van der Waals surface area contributed by atoms with Gasteiger partial charge in [-0.25, -0.2) is 4.39 Å². The van der Waals surface area contributed by atoms with Crippen LogP contribution in [0.5, 0.6) is 0 Å². The Morgan fingerprint density at radius 1 is 1.50 bits per heavy atom. The van der Waals surface area contributed by atoms with Crippen molar-refractivity contribution in [3.05, 3.63) is 35.6 Å². The fourth-order valence-corrected chi connectivity index (χ4v) is 2.45. The van der Waals surface area contributed by atoms with Gasteiger partial charge < -0.3 is 15.7 Å². The Hall–Kier alpha value is -1.46. The zero-order valence-electron chi connectivity index (χ0n) is 11.8. The highest BCUT2D eigenvalue weighted by Crippen LogP contribution is 2.24. The molecular formula is C15H21FN2O2. The van der Waals surface area contributed by atoms with E-state index in [1.807, 2.05) is 13.8 Å². The Balaban J connectivity index is 1.96. The van der Waals surface area contributed by atoms with Gasteiger partial charge in [-0.1, -0.05) is 32.0 Å². The Morgan fingerprint density at radius 2 is 2.20 bits per heavy atom. The standard InChI is InChI=1S/C15H21FN2O2/c1-15(2,11-5-3-4-6-12(11)16)9-18-14(20)13-7-10(19)8-17-13/h3-6,10,13,17,19H,7-9H2,1-2H3,(H,18,20). The van der Waals surface area contributed by atoms with Crippen LogP contribution in [0.3, 0.4) is 0 Å². The van der Waals surface area contributed by atoms with Gasteiger partial charge in [0, 0.05) is 18.5 Å². The van der Waals surface area contributed by atoms with Crippen LogP contribution in [0.2, 0.25) is 0 Å². The first-order chi connectivity index (χ1) is 9.40. The lowest BCUT2D eigenvalue weighted by Gasteiger charge is -2.26. The number of carbonyl (C=O) groups excluding carboxylic acids is 1. The second-order valence-corrected chi connectivity index (χ2v) is 5.93. The third kappa shape index (κ3) is 3.35. The SMILES string of the molecule is CC(C)(CNC(=O)C1CC(O)CN1)c1ccccc1F. The maximum absolute atomic E-state index is 13.8. The van der Waals surface area contributed by atoms with Crippen LogP contribution in [0.4, 0.5) is 4.39 Å². The molecule has 0 radical (unpaired) electrons. The lowest BCUT2D eigenvalue weighted by Crippen LogP contribution is -2.45. The van der Waals surface area contributed by atoms with Crippen molar-refractivity contribution in [2.45, 2.75) is 37.8 Å². The fourth-order valence-electron chi connectivity index (χ4n) is 2.45. The summed E-state index contributed by atoms with van der Waals surface area (Å²) in [5, 5.41) is 15.2. The van der Waals surface area contributed by atoms with Gasteiger partial charge in [0.15, 0.2) is 0 Å². The molecule has 2 rings (SSSR count). The van der Waals surface area contributed by atoms with Crippen molar-refractivity contribution in [1.29, 1.82) is 0 Å². The number of amides is 1. The molecular weight excluding hydrogens is 259 g/mol. The van der Waals surface area contributed by atoms with E-state index in [-0.39, 0.29) is 17.8 Å². The summed E-state index contributed by atoms with van der Waals surface area (Å²) in [5.74, 6) is -0.410. The normalized spacial score (nSPS) is 22.8. The van der Waals surface area contributed by atoms with Crippen LogP contribution in [0.1, 0.15) is 25.8 Å². The summed E-state index contributed by atoms with van der Waals surface area (Å²) in [6, 6.07) is 6.24. The third-order valence-corrected chi connectivity index (χ3v) is 3.73. The summed E-state index contributed by atoms with van der Waals surface area (Å²) in [6.07, 6.45) is -0.0447. The highest BCUT2D eigenvalue weighted by Gasteiger charge is 2.30. The predicted octanol–water partition coefficient (Wildman–Crippen LogP) is 0.942. The van der Waals surface area contributed by atoms with Crippen molar-refractivity contribution < 1.29 is 14.3 Å². The van der Waals surface area contributed by atoms with E-state index in [4.69, 9.17) is 0 Å². The van der Waals surface area contributed by atoms with Crippen LogP contribution in [0.25, 0.3) is 0 Å². The molecule has 2 unspecified atom stereocenters. The topological polar surface area (TPSA) is 61.4 Å². The van der Waals surface area contributed by atoms with Gasteiger partial charge in [0.1, 0.15) is 5.82 Å². The molecule has 1 heterocycles. The molecule has 0 spiro atoms. The quantitative estimate of drug-likeness (QED) is 0.769. The Labute approximate surface area is 118 Å². The molecule has 20 heavy (non-hydrogen) atoms. The zero-order valence-corrected chi connectivity index (χ0v) is 11.8. The molecule has 1 amide bonds. The van der Waals surface area contributed by atoms with E-state index in [1.165, 1.54) is 6.07 Å². The number of benzene rings is 1. The minimum Gasteiger partial charge on any atom is -0.392 e. The molecule has 0 bridgehead atoms. The Kier molecular flexibility index (Phi) is 4.40. The summed E-state index contributed by atoms with van der Waals surface area (Å²) < 4.78 is 13.8. The highest BCUT2D eigenvalue weighted by molar-refractivity contribution is 5.82. The maximum Gasteiger partial charge on any atom is 0.237 e. The van der Waals surface area contributed by atoms with Gasteiger partial charge in [-0.05, 0) is 18.1 Å². The Morgan fingerprint density at radius 3 is 2.80 bits per heavy atom. The molecule has 2 atom stereocenters. The molecule has 1 aromatic rings. The number of hydrogen-bond donors (Lipinski definition) is 3. The summed E-state index contributed by atoms with van der Waals surface area (Å²) in [4.78, 5) is 12.0. The number of rotatable bonds is 4. The van der Waals surface area contributed by atoms with E-state index >= 15 is 0 Å². The van der Waals surface area contributed by atoms with Gasteiger partial charge in [-0.3, -0.25) is 4.79 Å². The summed E-state index contributed by atoms with van der Waals surface area (Å²) in [5.41, 5.74) is 0.0952. The van der Waals surface area contributed by atoms with Crippen LogP contribution < -0.4 is 10.6 Å². The summed E-state index contributed by atoms with van der Waals surface area (Å²) in [7, 11) is 0. The number of hydrogen-bond acceptors (Lipinski definition) is 3. The van der Waals surface area contributed by atoms with E-state index in [9.17, 15) is 14.3 Å². The van der Waals surface area contributed by atoms with Crippen molar-refractivity contribution in [3.63, 3.8) is 0 Å². The third-order valence-electron chi connectivity index (χ3n) is 3.73. The minimum atomic E-state index is -0.488. The predicted molar refractivity (Wildman–Crippen MR) is 74.9 cm³/mol. The van der Waals surface area contributed by atoms with Gasteiger partial charge >= 0.3 is 0 Å². The maximum atomic E-state index is 13.8. The fraction of sp³-hybridized carbons (Fsp3) is 0.533. The first-order valence-corrected chi connectivity index (χ1v) is 6.84.